The number of hydrogen-bond acceptors (Lipinski definition) is 2. The quantitative estimate of drug-likeness (QED) is 0.603. The Morgan fingerprint density at radius 1 is 0.500 bits per heavy atom. The third-order valence-corrected chi connectivity index (χ3v) is 2.83. The van der Waals surface area contributed by atoms with Crippen molar-refractivity contribution in [3.63, 3.8) is 0 Å². The average Bonchev–Trinajstić information content (AvgIpc) is 2.55. The van der Waals surface area contributed by atoms with Crippen LogP contribution in [-0.4, -0.2) is 0 Å². The summed E-state index contributed by atoms with van der Waals surface area (Å²) in [6.45, 7) is 0. The topological polar surface area (TPSA) is 47.6 Å². The minimum atomic E-state index is 0.435. The van der Waals surface area contributed by atoms with Crippen molar-refractivity contribution in [2.24, 2.45) is 0 Å². The molecule has 0 saturated heterocycles. The van der Waals surface area contributed by atoms with Crippen molar-refractivity contribution in [1.82, 2.24) is 0 Å². The van der Waals surface area contributed by atoms with Crippen molar-refractivity contribution in [3.8, 4) is 12.1 Å². The highest BCUT2D eigenvalue weighted by atomic mass is 14.3. The molecule has 3 aromatic rings. The second-order valence-corrected chi connectivity index (χ2v) is 4.12. The zero-order valence-electron chi connectivity index (χ0n) is 10.8. The van der Waals surface area contributed by atoms with Gasteiger partial charge in [0.1, 0.15) is 12.1 Å². The van der Waals surface area contributed by atoms with Crippen LogP contribution in [0.1, 0.15) is 11.1 Å². The van der Waals surface area contributed by atoms with Crippen LogP contribution in [0.4, 0.5) is 0 Å². The van der Waals surface area contributed by atoms with E-state index in [2.05, 4.69) is 48.5 Å². The third-order valence-electron chi connectivity index (χ3n) is 2.83. The molecule has 0 fully saturated rings. The summed E-state index contributed by atoms with van der Waals surface area (Å²) in [5, 5.41) is 19.5. The van der Waals surface area contributed by atoms with Gasteiger partial charge in [0.2, 0.25) is 0 Å². The summed E-state index contributed by atoms with van der Waals surface area (Å²) in [6.07, 6.45) is 0. The number of benzene rings is 3. The van der Waals surface area contributed by atoms with E-state index in [9.17, 15) is 0 Å². The van der Waals surface area contributed by atoms with Gasteiger partial charge in [0, 0.05) is 0 Å². The van der Waals surface area contributed by atoms with E-state index in [1.807, 2.05) is 12.1 Å². The van der Waals surface area contributed by atoms with Gasteiger partial charge < -0.3 is 0 Å². The predicted octanol–water partition coefficient (Wildman–Crippen LogP) is 4.27. The summed E-state index contributed by atoms with van der Waals surface area (Å²) in [6, 6.07) is 27.3. The van der Waals surface area contributed by atoms with E-state index in [4.69, 9.17) is 10.5 Å². The highest BCUT2D eigenvalue weighted by Crippen LogP contribution is 2.11. The monoisotopic (exact) mass is 256 g/mol. The van der Waals surface area contributed by atoms with Crippen LogP contribution < -0.4 is 0 Å². The Morgan fingerprint density at radius 3 is 1.10 bits per heavy atom. The maximum atomic E-state index is 8.45. The first-order chi connectivity index (χ1) is 9.85. The van der Waals surface area contributed by atoms with E-state index in [1.54, 1.807) is 24.3 Å². The van der Waals surface area contributed by atoms with Crippen molar-refractivity contribution in [1.29, 1.82) is 10.5 Å². The highest BCUT2D eigenvalue weighted by Gasteiger charge is 1.95. The molecule has 94 valence electrons. The Morgan fingerprint density at radius 2 is 0.800 bits per heavy atom. The lowest BCUT2D eigenvalue weighted by molar-refractivity contribution is 1.43. The minimum absolute atomic E-state index is 0.435. The first-order valence-electron chi connectivity index (χ1n) is 6.18. The second-order valence-electron chi connectivity index (χ2n) is 4.12. The fourth-order valence-corrected chi connectivity index (χ4v) is 1.81. The molecular formula is C18H12N2. The summed E-state index contributed by atoms with van der Waals surface area (Å²) < 4.78 is 0. The molecule has 0 N–H and O–H groups in total. The summed E-state index contributed by atoms with van der Waals surface area (Å²) in [4.78, 5) is 0. The molecule has 0 atom stereocenters. The Hall–Kier alpha value is -3.10. The van der Waals surface area contributed by atoms with Crippen LogP contribution in [-0.2, 0) is 0 Å². The molecule has 3 aromatic carbocycles. The van der Waals surface area contributed by atoms with Gasteiger partial charge in [0.25, 0.3) is 0 Å². The van der Waals surface area contributed by atoms with Crippen LogP contribution in [0.3, 0.4) is 0 Å². The average molecular weight is 256 g/mol. The lowest BCUT2D eigenvalue weighted by atomic mass is 10.1. The van der Waals surface area contributed by atoms with Gasteiger partial charge in [-0.25, -0.2) is 0 Å². The smallest absolute Gasteiger partial charge is 0.101 e. The predicted molar refractivity (Wildman–Crippen MR) is 79.8 cm³/mol. The zero-order valence-corrected chi connectivity index (χ0v) is 10.8. The Labute approximate surface area is 118 Å². The molecular weight excluding hydrogens is 244 g/mol. The lowest BCUT2D eigenvalue weighted by Crippen LogP contribution is -1.79. The molecule has 2 heteroatoms. The van der Waals surface area contributed by atoms with Gasteiger partial charge >= 0.3 is 0 Å². The standard InChI is InChI=1S/C10H8.C8H4N2/c1-2-6-10-8-4-3-7-9(10)5-1;9-5-7-3-1-2-4-8(7)6-10/h1-8H;1-4H. The van der Waals surface area contributed by atoms with Gasteiger partial charge in [-0.2, -0.15) is 10.5 Å². The molecule has 0 radical (unpaired) electrons. The summed E-state index contributed by atoms with van der Waals surface area (Å²) in [5.41, 5.74) is 0.870. The van der Waals surface area contributed by atoms with Gasteiger partial charge in [-0.3, -0.25) is 0 Å². The Balaban J connectivity index is 0.000000147. The van der Waals surface area contributed by atoms with Crippen molar-refractivity contribution in [2.45, 2.75) is 0 Å². The first kappa shape index (κ1) is 13.3. The number of nitrogens with zero attached hydrogens (tertiary/aromatic N) is 2. The van der Waals surface area contributed by atoms with Gasteiger partial charge in [-0.15, -0.1) is 0 Å². The first-order valence-corrected chi connectivity index (χ1v) is 6.18. The van der Waals surface area contributed by atoms with E-state index >= 15 is 0 Å². The van der Waals surface area contributed by atoms with Crippen LogP contribution in [0.15, 0.2) is 72.8 Å². The normalized spacial score (nSPS) is 8.90. The molecule has 0 saturated carbocycles. The summed E-state index contributed by atoms with van der Waals surface area (Å²) in [5.74, 6) is 0. The molecule has 0 aliphatic carbocycles. The molecule has 3 rings (SSSR count). The van der Waals surface area contributed by atoms with E-state index in [0.717, 1.165) is 0 Å². The second kappa shape index (κ2) is 6.73. The number of fused-ring (bicyclic) bond motifs is 1. The lowest BCUT2D eigenvalue weighted by Gasteiger charge is -1.92. The molecule has 2 nitrogen and oxygen atoms in total. The van der Waals surface area contributed by atoms with Gasteiger partial charge in [-0.1, -0.05) is 60.7 Å². The molecule has 0 bridgehead atoms. The molecule has 0 unspecified atom stereocenters. The fourth-order valence-electron chi connectivity index (χ4n) is 1.81. The fraction of sp³-hybridized carbons (Fsp3) is 0. The van der Waals surface area contributed by atoms with Crippen LogP contribution in [0, 0.1) is 22.7 Å². The SMILES string of the molecule is N#Cc1ccccc1C#N.c1ccc2ccccc2c1. The maximum Gasteiger partial charge on any atom is 0.101 e. The van der Waals surface area contributed by atoms with Crippen LogP contribution >= 0.6 is 0 Å². The molecule has 0 aromatic heterocycles. The molecule has 0 spiro atoms. The van der Waals surface area contributed by atoms with Gasteiger partial charge in [0.05, 0.1) is 11.1 Å². The Bertz CT molecular complexity index is 694. The zero-order chi connectivity index (χ0) is 14.2. The van der Waals surface area contributed by atoms with Crippen molar-refractivity contribution in [3.05, 3.63) is 83.9 Å². The molecule has 0 amide bonds. The minimum Gasteiger partial charge on any atom is -0.192 e. The van der Waals surface area contributed by atoms with Crippen molar-refractivity contribution >= 4 is 10.8 Å². The van der Waals surface area contributed by atoms with Crippen LogP contribution in [0.25, 0.3) is 10.8 Å². The van der Waals surface area contributed by atoms with E-state index in [1.165, 1.54) is 10.8 Å². The summed E-state index contributed by atoms with van der Waals surface area (Å²) >= 11 is 0. The number of hydrogen-bond donors (Lipinski definition) is 0. The number of rotatable bonds is 0. The van der Waals surface area contributed by atoms with Crippen molar-refractivity contribution < 1.29 is 0 Å². The molecule has 0 aliphatic heterocycles. The van der Waals surface area contributed by atoms with Gasteiger partial charge in [-0.05, 0) is 22.9 Å². The van der Waals surface area contributed by atoms with E-state index in [0.29, 0.717) is 11.1 Å². The molecule has 20 heavy (non-hydrogen) atoms. The van der Waals surface area contributed by atoms with Crippen LogP contribution in [0.5, 0.6) is 0 Å². The van der Waals surface area contributed by atoms with Crippen LogP contribution in [0.2, 0.25) is 0 Å². The summed E-state index contributed by atoms with van der Waals surface area (Å²) in [7, 11) is 0. The van der Waals surface area contributed by atoms with E-state index < -0.39 is 0 Å². The molecule has 0 heterocycles. The van der Waals surface area contributed by atoms with Gasteiger partial charge in [0.15, 0.2) is 0 Å². The van der Waals surface area contributed by atoms with E-state index in [-0.39, 0.29) is 0 Å². The third kappa shape index (κ3) is 3.22. The Kier molecular flexibility index (Phi) is 4.49. The van der Waals surface area contributed by atoms with Crippen molar-refractivity contribution in [2.75, 3.05) is 0 Å². The number of nitriles is 2. The molecule has 0 aliphatic rings. The maximum absolute atomic E-state index is 8.45. The highest BCUT2D eigenvalue weighted by molar-refractivity contribution is 5.81. The largest absolute Gasteiger partial charge is 0.192 e.